The van der Waals surface area contributed by atoms with Crippen LogP contribution < -0.4 is 10.2 Å². The third-order valence-electron chi connectivity index (χ3n) is 4.97. The highest BCUT2D eigenvalue weighted by atomic mass is 19.1. The number of benzene rings is 1. The van der Waals surface area contributed by atoms with Crippen LogP contribution in [-0.2, 0) is 0 Å². The van der Waals surface area contributed by atoms with Crippen LogP contribution >= 0.6 is 0 Å². The van der Waals surface area contributed by atoms with Gasteiger partial charge in [-0.1, -0.05) is 17.7 Å². The van der Waals surface area contributed by atoms with Crippen molar-refractivity contribution in [1.82, 2.24) is 19.9 Å². The molecule has 0 atom stereocenters. The lowest BCUT2D eigenvalue weighted by Crippen LogP contribution is -2.49. The van der Waals surface area contributed by atoms with E-state index in [-0.39, 0.29) is 11.5 Å². The summed E-state index contributed by atoms with van der Waals surface area (Å²) in [4.78, 5) is 29.3. The zero-order valence-electron chi connectivity index (χ0n) is 17.0. The number of hydrogen-bond acceptors (Lipinski definition) is 6. The lowest BCUT2D eigenvalue weighted by molar-refractivity contribution is 0.0745. The summed E-state index contributed by atoms with van der Waals surface area (Å²) in [5.41, 5.74) is 3.28. The maximum absolute atomic E-state index is 13.4. The van der Waals surface area contributed by atoms with Gasteiger partial charge in [-0.05, 0) is 32.0 Å². The van der Waals surface area contributed by atoms with Crippen molar-refractivity contribution in [2.75, 3.05) is 36.4 Å². The number of pyridine rings is 1. The van der Waals surface area contributed by atoms with Gasteiger partial charge in [-0.3, -0.25) is 9.78 Å². The first-order valence-corrected chi connectivity index (χ1v) is 9.82. The van der Waals surface area contributed by atoms with Gasteiger partial charge in [0.05, 0.1) is 11.8 Å². The molecule has 0 radical (unpaired) electrons. The number of piperazine rings is 1. The average molecular weight is 406 g/mol. The maximum Gasteiger partial charge on any atom is 0.255 e. The van der Waals surface area contributed by atoms with Gasteiger partial charge in [-0.15, -0.1) is 0 Å². The van der Waals surface area contributed by atoms with E-state index in [9.17, 15) is 9.18 Å². The molecule has 0 saturated carbocycles. The summed E-state index contributed by atoms with van der Waals surface area (Å²) in [6, 6.07) is 11.2. The van der Waals surface area contributed by atoms with E-state index in [1.54, 1.807) is 4.90 Å². The minimum atomic E-state index is -0.513. The quantitative estimate of drug-likeness (QED) is 0.716. The number of hydrogen-bond donors (Lipinski definition) is 1. The number of nitrogens with zero attached hydrogens (tertiary/aromatic N) is 5. The summed E-state index contributed by atoms with van der Waals surface area (Å²) in [7, 11) is 0. The average Bonchev–Trinajstić information content (AvgIpc) is 2.74. The number of amides is 1. The van der Waals surface area contributed by atoms with E-state index in [4.69, 9.17) is 0 Å². The summed E-state index contributed by atoms with van der Waals surface area (Å²) in [5, 5.41) is 3.32. The van der Waals surface area contributed by atoms with Gasteiger partial charge in [0.15, 0.2) is 0 Å². The Morgan fingerprint density at radius 1 is 1.00 bits per heavy atom. The fraction of sp³-hybridized carbons (Fsp3) is 0.273. The van der Waals surface area contributed by atoms with Crippen molar-refractivity contribution in [3.05, 3.63) is 71.4 Å². The van der Waals surface area contributed by atoms with E-state index < -0.39 is 5.82 Å². The Kier molecular flexibility index (Phi) is 5.56. The topological polar surface area (TPSA) is 74.2 Å². The minimum Gasteiger partial charge on any atom is -0.340 e. The lowest BCUT2D eigenvalue weighted by atomic mass is 10.2. The zero-order valence-corrected chi connectivity index (χ0v) is 17.0. The Morgan fingerprint density at radius 3 is 2.43 bits per heavy atom. The Labute approximate surface area is 174 Å². The third kappa shape index (κ3) is 4.53. The fourth-order valence-corrected chi connectivity index (χ4v) is 3.36. The number of aromatic nitrogens is 3. The molecule has 0 spiro atoms. The van der Waals surface area contributed by atoms with Crippen molar-refractivity contribution in [2.45, 2.75) is 13.8 Å². The second-order valence-electron chi connectivity index (χ2n) is 7.36. The van der Waals surface area contributed by atoms with Crippen LogP contribution in [0.4, 0.5) is 21.8 Å². The summed E-state index contributed by atoms with van der Waals surface area (Å²) in [5.74, 6) is 0.629. The Morgan fingerprint density at radius 2 is 1.73 bits per heavy atom. The Bertz CT molecular complexity index is 1050. The van der Waals surface area contributed by atoms with Crippen LogP contribution in [0.15, 0.2) is 48.8 Å². The molecule has 1 aromatic carbocycles. The van der Waals surface area contributed by atoms with Crippen molar-refractivity contribution >= 4 is 23.4 Å². The standard InChI is InChI=1S/C22H23FN6O/c1-15-3-5-19(6-4-15)26-20-11-16(2)25-22(27-20)29-9-7-28(8-10-29)21(30)17-12-18(23)14-24-13-17/h3-6,11-14H,7-10H2,1-2H3,(H,25,26,27). The first kappa shape index (κ1) is 19.8. The van der Waals surface area contributed by atoms with Gasteiger partial charge < -0.3 is 15.1 Å². The molecule has 4 rings (SSSR count). The predicted octanol–water partition coefficient (Wildman–Crippen LogP) is 3.33. The maximum atomic E-state index is 13.4. The number of carbonyl (C=O) groups is 1. The van der Waals surface area contributed by atoms with Crippen LogP contribution in [-0.4, -0.2) is 51.9 Å². The van der Waals surface area contributed by atoms with E-state index in [0.717, 1.165) is 23.4 Å². The number of halogens is 1. The number of anilines is 3. The van der Waals surface area contributed by atoms with E-state index in [0.29, 0.717) is 32.1 Å². The SMILES string of the molecule is Cc1ccc(Nc2cc(C)nc(N3CCN(C(=O)c4cncc(F)c4)CC3)n2)cc1. The normalized spacial score (nSPS) is 14.0. The van der Waals surface area contributed by atoms with Gasteiger partial charge in [0.25, 0.3) is 5.91 Å². The van der Waals surface area contributed by atoms with Crippen molar-refractivity contribution in [1.29, 1.82) is 0 Å². The smallest absolute Gasteiger partial charge is 0.255 e. The Balaban J connectivity index is 1.43. The molecule has 7 nitrogen and oxygen atoms in total. The number of rotatable bonds is 4. The van der Waals surface area contributed by atoms with Crippen LogP contribution in [0.2, 0.25) is 0 Å². The van der Waals surface area contributed by atoms with Crippen molar-refractivity contribution < 1.29 is 9.18 Å². The molecule has 1 amide bonds. The summed E-state index contributed by atoms with van der Waals surface area (Å²) in [6.07, 6.45) is 2.48. The number of carbonyl (C=O) groups excluding carboxylic acids is 1. The molecule has 2 aromatic heterocycles. The van der Waals surface area contributed by atoms with E-state index in [1.807, 2.05) is 44.2 Å². The van der Waals surface area contributed by atoms with Gasteiger partial charge >= 0.3 is 0 Å². The molecule has 1 aliphatic heterocycles. The van der Waals surface area contributed by atoms with Crippen LogP contribution in [0, 0.1) is 19.7 Å². The minimum absolute atomic E-state index is 0.214. The summed E-state index contributed by atoms with van der Waals surface area (Å²) < 4.78 is 13.4. The van der Waals surface area contributed by atoms with Gasteiger partial charge in [0, 0.05) is 49.8 Å². The molecular formula is C22H23FN6O. The van der Waals surface area contributed by atoms with Gasteiger partial charge in [-0.25, -0.2) is 9.37 Å². The molecule has 1 saturated heterocycles. The molecule has 1 fully saturated rings. The second-order valence-corrected chi connectivity index (χ2v) is 7.36. The highest BCUT2D eigenvalue weighted by molar-refractivity contribution is 5.94. The van der Waals surface area contributed by atoms with Gasteiger partial charge in [-0.2, -0.15) is 4.98 Å². The fourth-order valence-electron chi connectivity index (χ4n) is 3.36. The molecule has 3 heterocycles. The molecule has 154 valence electrons. The highest BCUT2D eigenvalue weighted by Gasteiger charge is 2.24. The van der Waals surface area contributed by atoms with Crippen LogP contribution in [0.1, 0.15) is 21.6 Å². The van der Waals surface area contributed by atoms with Crippen LogP contribution in [0.25, 0.3) is 0 Å². The van der Waals surface area contributed by atoms with Gasteiger partial charge in [0.2, 0.25) is 5.95 Å². The molecule has 8 heteroatoms. The molecular weight excluding hydrogens is 383 g/mol. The van der Waals surface area contributed by atoms with E-state index in [1.165, 1.54) is 17.8 Å². The summed E-state index contributed by atoms with van der Waals surface area (Å²) >= 11 is 0. The highest BCUT2D eigenvalue weighted by Crippen LogP contribution is 2.20. The Hall–Kier alpha value is -3.55. The van der Waals surface area contributed by atoms with Gasteiger partial charge in [0.1, 0.15) is 11.6 Å². The van der Waals surface area contributed by atoms with E-state index >= 15 is 0 Å². The molecule has 30 heavy (non-hydrogen) atoms. The van der Waals surface area contributed by atoms with E-state index in [2.05, 4.69) is 25.2 Å². The molecule has 1 N–H and O–H groups in total. The van der Waals surface area contributed by atoms with Crippen LogP contribution in [0.5, 0.6) is 0 Å². The molecule has 3 aromatic rings. The summed E-state index contributed by atoms with van der Waals surface area (Å²) in [6.45, 7) is 6.19. The van der Waals surface area contributed by atoms with Crippen molar-refractivity contribution in [3.63, 3.8) is 0 Å². The van der Waals surface area contributed by atoms with Crippen molar-refractivity contribution in [3.8, 4) is 0 Å². The van der Waals surface area contributed by atoms with Crippen LogP contribution in [0.3, 0.4) is 0 Å². The van der Waals surface area contributed by atoms with Crippen molar-refractivity contribution in [2.24, 2.45) is 0 Å². The monoisotopic (exact) mass is 406 g/mol. The lowest BCUT2D eigenvalue weighted by Gasteiger charge is -2.35. The molecule has 0 unspecified atom stereocenters. The number of nitrogens with one attached hydrogen (secondary N) is 1. The zero-order chi connectivity index (χ0) is 21.1. The first-order valence-electron chi connectivity index (χ1n) is 9.82. The molecule has 1 aliphatic rings. The predicted molar refractivity (Wildman–Crippen MR) is 114 cm³/mol. The second kappa shape index (κ2) is 8.44. The molecule has 0 bridgehead atoms. The number of aryl methyl sites for hydroxylation is 2. The first-order chi connectivity index (χ1) is 14.5. The third-order valence-corrected chi connectivity index (χ3v) is 4.97. The molecule has 0 aliphatic carbocycles. The largest absolute Gasteiger partial charge is 0.340 e.